The molecule has 0 heterocycles. The summed E-state index contributed by atoms with van der Waals surface area (Å²) in [7, 11) is 1.48. The lowest BCUT2D eigenvalue weighted by molar-refractivity contribution is -0.121. The fourth-order valence-corrected chi connectivity index (χ4v) is 2.65. The number of amides is 3. The fraction of sp³-hybridized carbons (Fsp3) is 0.300. The molecule has 2 aromatic rings. The third-order valence-corrected chi connectivity index (χ3v) is 4.07. The van der Waals surface area contributed by atoms with E-state index in [0.717, 1.165) is 18.4 Å². The lowest BCUT2D eigenvalue weighted by Crippen LogP contribution is -2.48. The first-order chi connectivity index (χ1) is 12.1. The fourth-order valence-electron chi connectivity index (χ4n) is 2.65. The van der Waals surface area contributed by atoms with E-state index in [9.17, 15) is 9.59 Å². The molecule has 2 aromatic carbocycles. The number of nitrogens with one attached hydrogen (secondary N) is 3. The second-order valence-corrected chi connectivity index (χ2v) is 5.94. The number of imide groups is 1. The van der Waals surface area contributed by atoms with Gasteiger partial charge in [-0.2, -0.15) is 0 Å². The highest BCUT2D eigenvalue weighted by molar-refractivity contribution is 5.96. The number of rotatable bonds is 7. The van der Waals surface area contributed by atoms with Gasteiger partial charge in [0.15, 0.2) is 0 Å². The minimum atomic E-state index is -0.501. The van der Waals surface area contributed by atoms with E-state index in [4.69, 9.17) is 0 Å². The molecule has 5 heteroatoms. The Bertz CT molecular complexity index is 674. The minimum Gasteiger partial charge on any atom is -0.341 e. The van der Waals surface area contributed by atoms with Crippen LogP contribution in [0.1, 0.15) is 30.5 Å². The van der Waals surface area contributed by atoms with Gasteiger partial charge in [-0.05, 0) is 30.9 Å². The molecule has 0 radical (unpaired) electrons. The van der Waals surface area contributed by atoms with Crippen molar-refractivity contribution in [3.63, 3.8) is 0 Å². The smallest absolute Gasteiger partial charge is 0.321 e. The summed E-state index contributed by atoms with van der Waals surface area (Å²) in [6.07, 6.45) is 1.75. The number of hydrogen-bond acceptors (Lipinski definition) is 3. The van der Waals surface area contributed by atoms with Gasteiger partial charge in [0, 0.05) is 13.1 Å². The number of benzene rings is 2. The van der Waals surface area contributed by atoms with Crippen LogP contribution in [-0.2, 0) is 11.2 Å². The standard InChI is InChI=1S/C20H25N3O2/c1-15(19(24)23-20(25)21-2)22-18(17-11-7-4-8-12-17)14-13-16-9-5-3-6-10-16/h3-12,15,18,22H,13-14H2,1-2H3,(H2,21,23,24,25)/t15-,18+/m0/s1. The summed E-state index contributed by atoms with van der Waals surface area (Å²) in [6.45, 7) is 1.76. The molecule has 2 rings (SSSR count). The number of aryl methyl sites for hydroxylation is 1. The second kappa shape index (κ2) is 9.59. The lowest BCUT2D eigenvalue weighted by atomic mass is 9.98. The first-order valence-corrected chi connectivity index (χ1v) is 8.47. The summed E-state index contributed by atoms with van der Waals surface area (Å²) in [4.78, 5) is 23.4. The molecule has 0 aliphatic rings. The van der Waals surface area contributed by atoms with Gasteiger partial charge in [0.1, 0.15) is 0 Å². The summed E-state index contributed by atoms with van der Waals surface area (Å²) in [5, 5.41) is 8.03. The highest BCUT2D eigenvalue weighted by Gasteiger charge is 2.20. The Hall–Kier alpha value is -2.66. The van der Waals surface area contributed by atoms with Gasteiger partial charge in [0.2, 0.25) is 5.91 Å². The average Bonchev–Trinajstić information content (AvgIpc) is 2.66. The zero-order valence-corrected chi connectivity index (χ0v) is 14.7. The van der Waals surface area contributed by atoms with Crippen molar-refractivity contribution >= 4 is 11.9 Å². The second-order valence-electron chi connectivity index (χ2n) is 5.94. The van der Waals surface area contributed by atoms with Crippen LogP contribution in [0.25, 0.3) is 0 Å². The predicted octanol–water partition coefficient (Wildman–Crippen LogP) is 2.79. The Morgan fingerprint density at radius 3 is 2.16 bits per heavy atom. The van der Waals surface area contributed by atoms with Gasteiger partial charge in [0.05, 0.1) is 6.04 Å². The monoisotopic (exact) mass is 339 g/mol. The number of carbonyl (C=O) groups excluding carboxylic acids is 2. The SMILES string of the molecule is CNC(=O)NC(=O)[C@H](C)N[C@H](CCc1ccccc1)c1ccccc1. The molecule has 3 amide bonds. The molecular weight excluding hydrogens is 314 g/mol. The van der Waals surface area contributed by atoms with Crippen LogP contribution in [0.15, 0.2) is 60.7 Å². The van der Waals surface area contributed by atoms with Crippen LogP contribution < -0.4 is 16.0 Å². The largest absolute Gasteiger partial charge is 0.341 e. The molecule has 5 nitrogen and oxygen atoms in total. The molecule has 0 unspecified atom stereocenters. The Morgan fingerprint density at radius 2 is 1.56 bits per heavy atom. The van der Waals surface area contributed by atoms with E-state index >= 15 is 0 Å². The highest BCUT2D eigenvalue weighted by Crippen LogP contribution is 2.20. The topological polar surface area (TPSA) is 70.2 Å². The zero-order valence-electron chi connectivity index (χ0n) is 14.7. The summed E-state index contributed by atoms with van der Waals surface area (Å²) in [5.74, 6) is -0.347. The third kappa shape index (κ3) is 6.04. The summed E-state index contributed by atoms with van der Waals surface area (Å²) in [5.41, 5.74) is 2.38. The van der Waals surface area contributed by atoms with Crippen molar-refractivity contribution in [3.8, 4) is 0 Å². The number of urea groups is 1. The maximum atomic E-state index is 12.1. The maximum Gasteiger partial charge on any atom is 0.321 e. The van der Waals surface area contributed by atoms with Crippen LogP contribution >= 0.6 is 0 Å². The van der Waals surface area contributed by atoms with Crippen LogP contribution in [0.2, 0.25) is 0 Å². The van der Waals surface area contributed by atoms with Crippen molar-refractivity contribution in [1.82, 2.24) is 16.0 Å². The van der Waals surface area contributed by atoms with Gasteiger partial charge in [-0.15, -0.1) is 0 Å². The van der Waals surface area contributed by atoms with Crippen molar-refractivity contribution in [1.29, 1.82) is 0 Å². The van der Waals surface area contributed by atoms with Gasteiger partial charge < -0.3 is 5.32 Å². The number of carbonyl (C=O) groups is 2. The maximum absolute atomic E-state index is 12.1. The molecule has 2 atom stereocenters. The van der Waals surface area contributed by atoms with Crippen molar-refractivity contribution in [2.75, 3.05) is 7.05 Å². The quantitative estimate of drug-likeness (QED) is 0.726. The van der Waals surface area contributed by atoms with Crippen LogP contribution in [0.4, 0.5) is 4.79 Å². The first kappa shape index (κ1) is 18.7. The molecular formula is C20H25N3O2. The van der Waals surface area contributed by atoms with Gasteiger partial charge in [0.25, 0.3) is 0 Å². The Labute approximate surface area is 148 Å². The van der Waals surface area contributed by atoms with E-state index in [2.05, 4.69) is 28.1 Å². The molecule has 25 heavy (non-hydrogen) atoms. The zero-order chi connectivity index (χ0) is 18.1. The molecule has 0 saturated carbocycles. The van der Waals surface area contributed by atoms with E-state index in [1.807, 2.05) is 48.5 Å². The molecule has 0 fully saturated rings. The minimum absolute atomic E-state index is 0.0202. The van der Waals surface area contributed by atoms with Crippen molar-refractivity contribution < 1.29 is 9.59 Å². The molecule has 0 aliphatic heterocycles. The normalized spacial score (nSPS) is 12.9. The molecule has 3 N–H and O–H groups in total. The van der Waals surface area contributed by atoms with Crippen molar-refractivity contribution in [2.45, 2.75) is 31.8 Å². The van der Waals surface area contributed by atoms with Gasteiger partial charge in [-0.1, -0.05) is 60.7 Å². The van der Waals surface area contributed by atoms with Crippen LogP contribution in [-0.4, -0.2) is 25.0 Å². The molecule has 132 valence electrons. The van der Waals surface area contributed by atoms with E-state index in [1.165, 1.54) is 12.6 Å². The summed E-state index contributed by atoms with van der Waals surface area (Å²) in [6, 6.07) is 19.3. The van der Waals surface area contributed by atoms with Crippen molar-refractivity contribution in [3.05, 3.63) is 71.8 Å². The Kier molecular flexibility index (Phi) is 7.16. The Morgan fingerprint density at radius 1 is 0.960 bits per heavy atom. The highest BCUT2D eigenvalue weighted by atomic mass is 16.2. The van der Waals surface area contributed by atoms with Crippen LogP contribution in [0, 0.1) is 0 Å². The van der Waals surface area contributed by atoms with Crippen molar-refractivity contribution in [2.24, 2.45) is 0 Å². The molecule has 0 aliphatic carbocycles. The first-order valence-electron chi connectivity index (χ1n) is 8.47. The molecule has 0 saturated heterocycles. The molecule has 0 bridgehead atoms. The summed E-state index contributed by atoms with van der Waals surface area (Å²) >= 11 is 0. The average molecular weight is 339 g/mol. The van der Waals surface area contributed by atoms with Gasteiger partial charge in [-0.3, -0.25) is 15.4 Å². The Balaban J connectivity index is 2.04. The third-order valence-electron chi connectivity index (χ3n) is 4.07. The van der Waals surface area contributed by atoms with E-state index in [0.29, 0.717) is 0 Å². The van der Waals surface area contributed by atoms with E-state index in [1.54, 1.807) is 6.92 Å². The lowest BCUT2D eigenvalue weighted by Gasteiger charge is -2.23. The van der Waals surface area contributed by atoms with Crippen LogP contribution in [0.3, 0.4) is 0 Å². The predicted molar refractivity (Wildman–Crippen MR) is 99.1 cm³/mol. The van der Waals surface area contributed by atoms with Gasteiger partial charge in [-0.25, -0.2) is 4.79 Å². The van der Waals surface area contributed by atoms with E-state index in [-0.39, 0.29) is 11.9 Å². The van der Waals surface area contributed by atoms with Crippen LogP contribution in [0.5, 0.6) is 0 Å². The van der Waals surface area contributed by atoms with E-state index < -0.39 is 12.1 Å². The molecule has 0 spiro atoms. The van der Waals surface area contributed by atoms with Gasteiger partial charge >= 0.3 is 6.03 Å². The molecule has 0 aromatic heterocycles. The summed E-state index contributed by atoms with van der Waals surface area (Å²) < 4.78 is 0. The number of hydrogen-bond donors (Lipinski definition) is 3.